The van der Waals surface area contributed by atoms with Crippen molar-refractivity contribution < 1.29 is 9.59 Å². The summed E-state index contributed by atoms with van der Waals surface area (Å²) in [5.74, 6) is -0.0746. The average Bonchev–Trinajstić information content (AvgIpc) is 2.59. The lowest BCUT2D eigenvalue weighted by atomic mass is 9.93. The number of fused-ring (bicyclic) bond motifs is 1. The van der Waals surface area contributed by atoms with Crippen LogP contribution < -0.4 is 5.32 Å². The van der Waals surface area contributed by atoms with Gasteiger partial charge in [0.2, 0.25) is 5.91 Å². The van der Waals surface area contributed by atoms with E-state index >= 15 is 0 Å². The van der Waals surface area contributed by atoms with Crippen molar-refractivity contribution in [1.82, 2.24) is 20.0 Å². The van der Waals surface area contributed by atoms with E-state index in [4.69, 9.17) is 0 Å². The van der Waals surface area contributed by atoms with E-state index in [1.54, 1.807) is 4.90 Å². The molecule has 0 bridgehead atoms. The Morgan fingerprint density at radius 3 is 2.27 bits per heavy atom. The van der Waals surface area contributed by atoms with E-state index in [0.29, 0.717) is 26.1 Å². The van der Waals surface area contributed by atoms with Gasteiger partial charge in [0.25, 0.3) is 0 Å². The lowest BCUT2D eigenvalue weighted by Crippen LogP contribution is -2.60. The predicted octanol–water partition coefficient (Wildman–Crippen LogP) is 1.70. The fourth-order valence-electron chi connectivity index (χ4n) is 3.59. The maximum Gasteiger partial charge on any atom is 0.321 e. The monoisotopic (exact) mass is 358 g/mol. The molecule has 1 fully saturated rings. The van der Waals surface area contributed by atoms with Crippen LogP contribution in [0.5, 0.6) is 0 Å². The molecule has 0 aliphatic carbocycles. The van der Waals surface area contributed by atoms with Crippen LogP contribution in [0.25, 0.3) is 0 Å². The van der Waals surface area contributed by atoms with Crippen LogP contribution in [-0.2, 0) is 17.8 Å². The van der Waals surface area contributed by atoms with E-state index < -0.39 is 6.04 Å². The number of likely N-dealkylation sites (N-methyl/N-ethyl adjacent to an activating group) is 1. The zero-order valence-electron chi connectivity index (χ0n) is 16.3. The molecule has 6 heteroatoms. The van der Waals surface area contributed by atoms with Crippen molar-refractivity contribution in [3.05, 3.63) is 35.4 Å². The third-order valence-corrected chi connectivity index (χ3v) is 5.07. The molecule has 1 aromatic carbocycles. The summed E-state index contributed by atoms with van der Waals surface area (Å²) in [5.41, 5.74) is 1.97. The molecule has 2 aliphatic heterocycles. The highest BCUT2D eigenvalue weighted by Crippen LogP contribution is 2.25. The molecule has 142 valence electrons. The molecule has 0 radical (unpaired) electrons. The van der Waals surface area contributed by atoms with Crippen LogP contribution in [-0.4, -0.2) is 71.4 Å². The van der Waals surface area contributed by atoms with Crippen LogP contribution in [0.15, 0.2) is 24.3 Å². The average molecular weight is 358 g/mol. The Balaban J connectivity index is 1.83. The van der Waals surface area contributed by atoms with E-state index in [9.17, 15) is 9.59 Å². The Labute approximate surface area is 156 Å². The fourth-order valence-corrected chi connectivity index (χ4v) is 3.59. The maximum absolute atomic E-state index is 13.2. The molecule has 1 saturated heterocycles. The number of rotatable bonds is 1. The predicted molar refractivity (Wildman–Crippen MR) is 102 cm³/mol. The van der Waals surface area contributed by atoms with E-state index in [1.165, 1.54) is 0 Å². The number of benzene rings is 1. The van der Waals surface area contributed by atoms with E-state index in [2.05, 4.69) is 29.4 Å². The van der Waals surface area contributed by atoms with Crippen molar-refractivity contribution in [2.75, 3.05) is 33.2 Å². The summed E-state index contributed by atoms with van der Waals surface area (Å²) in [7, 11) is 2.07. The van der Waals surface area contributed by atoms with Crippen molar-refractivity contribution in [3.8, 4) is 0 Å². The summed E-state index contributed by atoms with van der Waals surface area (Å²) in [6, 6.07) is 7.61. The van der Waals surface area contributed by atoms with Gasteiger partial charge >= 0.3 is 6.03 Å². The van der Waals surface area contributed by atoms with Gasteiger partial charge in [-0.1, -0.05) is 24.3 Å². The molecular weight excluding hydrogens is 328 g/mol. The van der Waals surface area contributed by atoms with Crippen LogP contribution in [0.4, 0.5) is 4.79 Å². The normalized spacial score (nSPS) is 21.3. The first kappa shape index (κ1) is 18.7. The van der Waals surface area contributed by atoms with Crippen molar-refractivity contribution >= 4 is 11.9 Å². The molecule has 3 rings (SSSR count). The number of nitrogens with zero attached hydrogens (tertiary/aromatic N) is 3. The molecule has 6 nitrogen and oxygen atoms in total. The van der Waals surface area contributed by atoms with Gasteiger partial charge in [0, 0.05) is 44.7 Å². The maximum atomic E-state index is 13.2. The third kappa shape index (κ3) is 4.18. The third-order valence-electron chi connectivity index (χ3n) is 5.07. The largest absolute Gasteiger partial charge is 0.350 e. The second kappa shape index (κ2) is 7.27. The number of nitrogens with one attached hydrogen (secondary N) is 1. The Morgan fingerprint density at radius 2 is 1.65 bits per heavy atom. The highest BCUT2D eigenvalue weighted by atomic mass is 16.2. The minimum absolute atomic E-state index is 0.0262. The quantitative estimate of drug-likeness (QED) is 0.831. The van der Waals surface area contributed by atoms with Gasteiger partial charge in [-0.05, 0) is 38.9 Å². The summed E-state index contributed by atoms with van der Waals surface area (Å²) < 4.78 is 0. The van der Waals surface area contributed by atoms with E-state index in [0.717, 1.165) is 24.2 Å². The molecule has 0 spiro atoms. The number of hydrogen-bond donors (Lipinski definition) is 1. The Hall–Kier alpha value is -2.08. The van der Waals surface area contributed by atoms with E-state index in [-0.39, 0.29) is 17.5 Å². The summed E-state index contributed by atoms with van der Waals surface area (Å²) in [4.78, 5) is 32.0. The molecule has 0 unspecified atom stereocenters. The first-order chi connectivity index (χ1) is 12.2. The van der Waals surface area contributed by atoms with Crippen molar-refractivity contribution in [2.24, 2.45) is 0 Å². The molecular formula is C20H30N4O2. The molecule has 2 aliphatic rings. The highest BCUT2D eigenvalue weighted by molar-refractivity contribution is 5.88. The van der Waals surface area contributed by atoms with Gasteiger partial charge in [-0.2, -0.15) is 0 Å². The second-order valence-corrected chi connectivity index (χ2v) is 8.43. The van der Waals surface area contributed by atoms with Crippen LogP contribution in [0.1, 0.15) is 31.9 Å². The molecule has 3 amide bonds. The van der Waals surface area contributed by atoms with E-state index in [1.807, 2.05) is 37.8 Å². The number of amides is 3. The highest BCUT2D eigenvalue weighted by Gasteiger charge is 2.38. The van der Waals surface area contributed by atoms with Gasteiger partial charge in [0.15, 0.2) is 0 Å². The Bertz CT molecular complexity index is 675. The lowest BCUT2D eigenvalue weighted by Gasteiger charge is -2.42. The molecule has 2 heterocycles. The fraction of sp³-hybridized carbons (Fsp3) is 0.600. The second-order valence-electron chi connectivity index (χ2n) is 8.43. The van der Waals surface area contributed by atoms with Gasteiger partial charge in [-0.25, -0.2) is 4.79 Å². The number of piperazine rings is 1. The van der Waals surface area contributed by atoms with Crippen molar-refractivity contribution in [2.45, 2.75) is 45.3 Å². The minimum atomic E-state index is -0.462. The molecule has 1 atom stereocenters. The first-order valence-corrected chi connectivity index (χ1v) is 9.37. The van der Waals surface area contributed by atoms with Gasteiger partial charge in [-0.15, -0.1) is 0 Å². The molecule has 26 heavy (non-hydrogen) atoms. The van der Waals surface area contributed by atoms with Gasteiger partial charge in [0.1, 0.15) is 6.04 Å². The lowest BCUT2D eigenvalue weighted by molar-refractivity contribution is -0.127. The number of carbonyl (C=O) groups is 2. The van der Waals surface area contributed by atoms with Crippen LogP contribution in [0.3, 0.4) is 0 Å². The molecule has 0 aromatic heterocycles. The smallest absolute Gasteiger partial charge is 0.321 e. The summed E-state index contributed by atoms with van der Waals surface area (Å²) in [6.45, 7) is 9.55. The SMILES string of the molecule is CN1CCN(C(=O)N2Cc3ccccc3C[C@H]2C(=O)NC(C)(C)C)CC1. The summed E-state index contributed by atoms with van der Waals surface area (Å²) in [6.07, 6.45) is 0.567. The van der Waals surface area contributed by atoms with Crippen molar-refractivity contribution in [3.63, 3.8) is 0 Å². The molecule has 1 aromatic rings. The summed E-state index contributed by atoms with van der Waals surface area (Å²) >= 11 is 0. The van der Waals surface area contributed by atoms with Gasteiger partial charge < -0.3 is 20.0 Å². The van der Waals surface area contributed by atoms with Crippen LogP contribution >= 0.6 is 0 Å². The van der Waals surface area contributed by atoms with Gasteiger partial charge in [0.05, 0.1) is 0 Å². The molecule has 0 saturated carbocycles. The number of carbonyl (C=O) groups excluding carboxylic acids is 2. The first-order valence-electron chi connectivity index (χ1n) is 9.37. The number of hydrogen-bond acceptors (Lipinski definition) is 3. The number of urea groups is 1. The standard InChI is InChI=1S/C20H30N4O2/c1-20(2,3)21-18(25)17-13-15-7-5-6-8-16(15)14-24(17)19(26)23-11-9-22(4)10-12-23/h5-8,17H,9-14H2,1-4H3,(H,21,25)/t17-/m0/s1. The topological polar surface area (TPSA) is 55.9 Å². The van der Waals surface area contributed by atoms with Crippen molar-refractivity contribution in [1.29, 1.82) is 0 Å². The zero-order valence-corrected chi connectivity index (χ0v) is 16.3. The van der Waals surface area contributed by atoms with Crippen LogP contribution in [0.2, 0.25) is 0 Å². The minimum Gasteiger partial charge on any atom is -0.350 e. The molecule has 1 N–H and O–H groups in total. The van der Waals surface area contributed by atoms with Gasteiger partial charge in [-0.3, -0.25) is 4.79 Å². The van der Waals surface area contributed by atoms with Crippen LogP contribution in [0, 0.1) is 0 Å². The zero-order chi connectivity index (χ0) is 18.9. The Kier molecular flexibility index (Phi) is 5.23. The summed E-state index contributed by atoms with van der Waals surface area (Å²) in [5, 5.41) is 3.05. The Morgan fingerprint density at radius 1 is 1.04 bits per heavy atom.